The Labute approximate surface area is 98.5 Å². The molecule has 1 aliphatic rings. The van der Waals surface area contributed by atoms with Crippen molar-refractivity contribution >= 4 is 0 Å². The van der Waals surface area contributed by atoms with Gasteiger partial charge < -0.3 is 9.47 Å². The number of hydrogen-bond acceptors (Lipinski definition) is 3. The average Bonchev–Trinajstić information content (AvgIpc) is 2.47. The molecule has 0 amide bonds. The van der Waals surface area contributed by atoms with Crippen LogP contribution in [0.25, 0.3) is 0 Å². The number of nitrogens with two attached hydrogens (primary N) is 1. The van der Waals surface area contributed by atoms with E-state index in [9.17, 15) is 8.78 Å². The Morgan fingerprint density at radius 1 is 1.47 bits per heavy atom. The monoisotopic (exact) mass is 243 g/mol. The van der Waals surface area contributed by atoms with Crippen LogP contribution in [0, 0.1) is 0 Å². The van der Waals surface area contributed by atoms with Gasteiger partial charge in [0, 0.05) is 12.0 Å². The van der Waals surface area contributed by atoms with Gasteiger partial charge in [0.2, 0.25) is 0 Å². The molecule has 0 aliphatic carbocycles. The molecule has 0 spiro atoms. The summed E-state index contributed by atoms with van der Waals surface area (Å²) >= 11 is 0. The van der Waals surface area contributed by atoms with Gasteiger partial charge in [-0.25, -0.2) is 5.73 Å². The van der Waals surface area contributed by atoms with E-state index in [0.717, 1.165) is 12.0 Å². The van der Waals surface area contributed by atoms with E-state index in [1.54, 1.807) is 12.1 Å². The number of benzene rings is 1. The molecule has 1 aromatic rings. The summed E-state index contributed by atoms with van der Waals surface area (Å²) in [7, 11) is 0. The summed E-state index contributed by atoms with van der Waals surface area (Å²) in [6.07, 6.45) is -2.86. The first-order valence-corrected chi connectivity index (χ1v) is 5.37. The van der Waals surface area contributed by atoms with E-state index >= 15 is 0 Å². The Hall–Kier alpha value is -1.20. The maximum absolute atomic E-state index is 12.4. The van der Waals surface area contributed by atoms with Gasteiger partial charge in [0.15, 0.2) is 0 Å². The third kappa shape index (κ3) is 2.92. The van der Waals surface area contributed by atoms with Crippen molar-refractivity contribution in [2.75, 3.05) is 0 Å². The molecular weight excluding hydrogens is 228 g/mol. The molecule has 1 aromatic carbocycles. The van der Waals surface area contributed by atoms with Crippen molar-refractivity contribution in [2.45, 2.75) is 38.7 Å². The minimum atomic E-state index is -3.61. The fourth-order valence-corrected chi connectivity index (χ4v) is 1.97. The van der Waals surface area contributed by atoms with Crippen molar-refractivity contribution in [2.24, 2.45) is 5.73 Å². The molecule has 0 unspecified atom stereocenters. The number of alkyl halides is 2. The van der Waals surface area contributed by atoms with Crippen molar-refractivity contribution in [1.29, 1.82) is 0 Å². The summed E-state index contributed by atoms with van der Waals surface area (Å²) in [5, 5.41) is 0. The van der Waals surface area contributed by atoms with Crippen molar-refractivity contribution < 1.29 is 18.3 Å². The van der Waals surface area contributed by atoms with Gasteiger partial charge in [-0.15, -0.1) is 0 Å². The highest BCUT2D eigenvalue weighted by Crippen LogP contribution is 2.38. The highest BCUT2D eigenvalue weighted by molar-refractivity contribution is 5.45. The molecule has 0 saturated carbocycles. The number of ether oxygens (including phenoxy) is 2. The lowest BCUT2D eigenvalue weighted by molar-refractivity contribution is -0.240. The first kappa shape index (κ1) is 12.3. The van der Waals surface area contributed by atoms with Crippen LogP contribution < -0.4 is 10.5 Å². The fourth-order valence-electron chi connectivity index (χ4n) is 1.97. The summed E-state index contributed by atoms with van der Waals surface area (Å²) in [6.45, 7) is 3.65. The quantitative estimate of drug-likeness (QED) is 0.655. The molecule has 2 rings (SSSR count). The maximum atomic E-state index is 12.4. The Kier molecular flexibility index (Phi) is 2.83. The van der Waals surface area contributed by atoms with Crippen LogP contribution >= 0.6 is 0 Å². The Balaban J connectivity index is 2.19. The average molecular weight is 243 g/mol. The molecule has 0 saturated heterocycles. The second kappa shape index (κ2) is 3.92. The molecule has 0 atom stereocenters. The topological polar surface area (TPSA) is 44.5 Å². The predicted molar refractivity (Wildman–Crippen MR) is 58.8 cm³/mol. The Morgan fingerprint density at radius 2 is 2.18 bits per heavy atom. The van der Waals surface area contributed by atoms with E-state index in [2.05, 4.69) is 10.5 Å². The summed E-state index contributed by atoms with van der Waals surface area (Å²) < 4.78 is 34.9. The van der Waals surface area contributed by atoms with Gasteiger partial charge in [0.25, 0.3) is 0 Å². The third-order valence-electron chi connectivity index (χ3n) is 2.59. The zero-order valence-electron chi connectivity index (χ0n) is 9.80. The van der Waals surface area contributed by atoms with Crippen LogP contribution in [0.5, 0.6) is 5.75 Å². The van der Waals surface area contributed by atoms with Crippen molar-refractivity contribution in [3.05, 3.63) is 29.3 Å². The van der Waals surface area contributed by atoms with Crippen LogP contribution in [0.4, 0.5) is 8.78 Å². The lowest BCUT2D eigenvalue weighted by Crippen LogP contribution is -2.31. The van der Waals surface area contributed by atoms with Gasteiger partial charge in [-0.05, 0) is 19.4 Å². The molecule has 2 N–H and O–H groups in total. The standard InChI is InChI=1S/C12H15F2NO2/c1-11(2)6-8-4-3-5-9(10(8)17-11)7-16-12(13,14)15/h3-5H,6-7,15H2,1-2H3. The molecule has 5 heteroatoms. The van der Waals surface area contributed by atoms with E-state index in [-0.39, 0.29) is 12.2 Å². The summed E-state index contributed by atoms with van der Waals surface area (Å²) in [6, 6.07) is 5.43. The molecular formula is C12H15F2NO2. The zero-order valence-corrected chi connectivity index (χ0v) is 9.80. The van der Waals surface area contributed by atoms with E-state index in [0.29, 0.717) is 11.3 Å². The third-order valence-corrected chi connectivity index (χ3v) is 2.59. The molecule has 1 aliphatic heterocycles. The molecule has 0 fully saturated rings. The number of hydrogen-bond donors (Lipinski definition) is 1. The van der Waals surface area contributed by atoms with Crippen molar-refractivity contribution in [3.8, 4) is 5.75 Å². The van der Waals surface area contributed by atoms with E-state index in [4.69, 9.17) is 4.74 Å². The van der Waals surface area contributed by atoms with Gasteiger partial charge in [-0.3, -0.25) is 0 Å². The zero-order chi connectivity index (χ0) is 12.7. The maximum Gasteiger partial charge on any atom is 0.419 e. The molecule has 0 bridgehead atoms. The van der Waals surface area contributed by atoms with Crippen LogP contribution in [-0.4, -0.2) is 11.8 Å². The first-order valence-electron chi connectivity index (χ1n) is 5.37. The largest absolute Gasteiger partial charge is 0.487 e. The first-order chi connectivity index (χ1) is 7.77. The van der Waals surface area contributed by atoms with Gasteiger partial charge in [-0.2, -0.15) is 8.78 Å². The molecule has 0 radical (unpaired) electrons. The predicted octanol–water partition coefficient (Wildman–Crippen LogP) is 2.43. The lowest BCUT2D eigenvalue weighted by atomic mass is 10.0. The summed E-state index contributed by atoms with van der Waals surface area (Å²) in [4.78, 5) is 0. The minimum absolute atomic E-state index is 0.261. The van der Waals surface area contributed by atoms with Crippen molar-refractivity contribution in [3.63, 3.8) is 0 Å². The second-order valence-corrected chi connectivity index (χ2v) is 4.79. The van der Waals surface area contributed by atoms with Crippen LogP contribution in [0.3, 0.4) is 0 Å². The molecule has 94 valence electrons. The second-order valence-electron chi connectivity index (χ2n) is 4.79. The molecule has 0 aromatic heterocycles. The summed E-state index contributed by atoms with van der Waals surface area (Å²) in [5.74, 6) is 0.641. The van der Waals surface area contributed by atoms with E-state index < -0.39 is 6.23 Å². The fraction of sp³-hybridized carbons (Fsp3) is 0.500. The molecule has 1 heterocycles. The number of para-hydroxylation sites is 1. The van der Waals surface area contributed by atoms with Crippen molar-refractivity contribution in [1.82, 2.24) is 0 Å². The smallest absolute Gasteiger partial charge is 0.419 e. The van der Waals surface area contributed by atoms with Gasteiger partial charge >= 0.3 is 6.23 Å². The number of fused-ring (bicyclic) bond motifs is 1. The van der Waals surface area contributed by atoms with Crippen LogP contribution in [0.15, 0.2) is 18.2 Å². The lowest BCUT2D eigenvalue weighted by Gasteiger charge is -2.18. The highest BCUT2D eigenvalue weighted by Gasteiger charge is 2.32. The van der Waals surface area contributed by atoms with Gasteiger partial charge in [-0.1, -0.05) is 18.2 Å². The highest BCUT2D eigenvalue weighted by atomic mass is 19.3. The number of halogens is 2. The normalized spacial score (nSPS) is 17.7. The number of rotatable bonds is 3. The van der Waals surface area contributed by atoms with Crippen LogP contribution in [0.2, 0.25) is 0 Å². The van der Waals surface area contributed by atoms with Crippen LogP contribution in [0.1, 0.15) is 25.0 Å². The minimum Gasteiger partial charge on any atom is -0.487 e. The molecule has 17 heavy (non-hydrogen) atoms. The van der Waals surface area contributed by atoms with Crippen LogP contribution in [-0.2, 0) is 17.8 Å². The van der Waals surface area contributed by atoms with Gasteiger partial charge in [0.1, 0.15) is 11.4 Å². The summed E-state index contributed by atoms with van der Waals surface area (Å²) in [5.41, 5.74) is 5.79. The van der Waals surface area contributed by atoms with Gasteiger partial charge in [0.05, 0.1) is 6.61 Å². The van der Waals surface area contributed by atoms with E-state index in [1.165, 1.54) is 0 Å². The Bertz CT molecular complexity index is 427. The molecule has 3 nitrogen and oxygen atoms in total. The Morgan fingerprint density at radius 3 is 2.82 bits per heavy atom. The SMILES string of the molecule is CC1(C)Cc2cccc(COC(N)(F)F)c2O1. The van der Waals surface area contributed by atoms with E-state index in [1.807, 2.05) is 19.9 Å².